The Morgan fingerprint density at radius 2 is 2.00 bits per heavy atom. The molecule has 1 atom stereocenters. The fourth-order valence-electron chi connectivity index (χ4n) is 2.32. The summed E-state index contributed by atoms with van der Waals surface area (Å²) in [6.45, 7) is 4.02. The summed E-state index contributed by atoms with van der Waals surface area (Å²) in [5.74, 6) is 0.0337. The lowest BCUT2D eigenvalue weighted by Gasteiger charge is -2.10. The van der Waals surface area contributed by atoms with Crippen molar-refractivity contribution < 1.29 is 13.9 Å². The first kappa shape index (κ1) is 14.3. The normalized spacial score (nSPS) is 12.3. The average molecular weight is 295 g/mol. The summed E-state index contributed by atoms with van der Waals surface area (Å²) in [5, 5.41) is 0. The molecule has 22 heavy (non-hydrogen) atoms. The Labute approximate surface area is 128 Å². The van der Waals surface area contributed by atoms with Crippen molar-refractivity contribution in [3.05, 3.63) is 54.1 Å². The predicted molar refractivity (Wildman–Crippen MR) is 84.5 cm³/mol. The summed E-state index contributed by atoms with van der Waals surface area (Å²) < 4.78 is 10.8. The number of aromatic nitrogens is 1. The third-order valence-electron chi connectivity index (χ3n) is 3.57. The number of hydrogen-bond donors (Lipinski definition) is 0. The lowest BCUT2D eigenvalue weighted by atomic mass is 10.0. The second-order valence-corrected chi connectivity index (χ2v) is 5.09. The van der Waals surface area contributed by atoms with E-state index in [9.17, 15) is 4.79 Å². The number of carbonyl (C=O) groups is 1. The van der Waals surface area contributed by atoms with Crippen molar-refractivity contribution in [2.75, 3.05) is 6.61 Å². The smallest absolute Gasteiger partial charge is 0.313 e. The molecule has 3 rings (SSSR count). The maximum absolute atomic E-state index is 11.8. The van der Waals surface area contributed by atoms with Crippen molar-refractivity contribution in [2.24, 2.45) is 0 Å². The molecule has 0 aliphatic heterocycles. The zero-order valence-electron chi connectivity index (χ0n) is 12.6. The third-order valence-corrected chi connectivity index (χ3v) is 3.57. The number of benzene rings is 2. The van der Waals surface area contributed by atoms with Crippen LogP contribution >= 0.6 is 0 Å². The van der Waals surface area contributed by atoms with Crippen LogP contribution in [0.2, 0.25) is 0 Å². The largest absolute Gasteiger partial charge is 0.466 e. The fraction of sp³-hybridized carbons (Fsp3) is 0.222. The standard InChI is InChI=1S/C18H17NO3/c1-3-21-18(20)12(2)14-9-10-16-15(11-14)19-17(22-16)13-7-5-4-6-8-13/h4-12H,3H2,1-2H3. The molecule has 1 aromatic heterocycles. The van der Waals surface area contributed by atoms with Gasteiger partial charge in [-0.3, -0.25) is 4.79 Å². The number of fused-ring (bicyclic) bond motifs is 1. The SMILES string of the molecule is CCOC(=O)C(C)c1ccc2oc(-c3ccccc3)nc2c1. The molecule has 4 heteroatoms. The van der Waals surface area contributed by atoms with Crippen molar-refractivity contribution in [1.29, 1.82) is 0 Å². The summed E-state index contributed by atoms with van der Waals surface area (Å²) in [7, 11) is 0. The molecule has 0 N–H and O–H groups in total. The van der Waals surface area contributed by atoms with Crippen molar-refractivity contribution in [1.82, 2.24) is 4.98 Å². The molecule has 0 saturated heterocycles. The highest BCUT2D eigenvalue weighted by Gasteiger charge is 2.18. The first-order valence-electron chi connectivity index (χ1n) is 7.31. The first-order valence-corrected chi connectivity index (χ1v) is 7.31. The van der Waals surface area contributed by atoms with Crippen LogP contribution in [0.15, 0.2) is 52.9 Å². The van der Waals surface area contributed by atoms with E-state index in [-0.39, 0.29) is 11.9 Å². The molecule has 0 bridgehead atoms. The van der Waals surface area contributed by atoms with Gasteiger partial charge in [0.2, 0.25) is 5.89 Å². The van der Waals surface area contributed by atoms with Gasteiger partial charge in [-0.2, -0.15) is 0 Å². The van der Waals surface area contributed by atoms with Gasteiger partial charge >= 0.3 is 5.97 Å². The highest BCUT2D eigenvalue weighted by Crippen LogP contribution is 2.27. The molecular weight excluding hydrogens is 278 g/mol. The molecule has 3 aromatic rings. The van der Waals surface area contributed by atoms with Gasteiger partial charge in [-0.05, 0) is 43.7 Å². The van der Waals surface area contributed by atoms with Crippen molar-refractivity contribution in [2.45, 2.75) is 19.8 Å². The first-order chi connectivity index (χ1) is 10.7. The molecule has 0 saturated carbocycles. The van der Waals surface area contributed by atoms with Crippen LogP contribution in [0.5, 0.6) is 0 Å². The molecule has 0 fully saturated rings. The summed E-state index contributed by atoms with van der Waals surface area (Å²) in [4.78, 5) is 16.4. The fourth-order valence-corrected chi connectivity index (χ4v) is 2.32. The quantitative estimate of drug-likeness (QED) is 0.678. The zero-order valence-corrected chi connectivity index (χ0v) is 12.6. The maximum atomic E-state index is 11.8. The van der Waals surface area contributed by atoms with E-state index in [4.69, 9.17) is 9.15 Å². The van der Waals surface area contributed by atoms with Crippen LogP contribution in [0.4, 0.5) is 0 Å². The van der Waals surface area contributed by atoms with E-state index >= 15 is 0 Å². The van der Waals surface area contributed by atoms with E-state index in [2.05, 4.69) is 4.98 Å². The van der Waals surface area contributed by atoms with Crippen LogP contribution in [0, 0.1) is 0 Å². The molecule has 0 spiro atoms. The lowest BCUT2D eigenvalue weighted by Crippen LogP contribution is -2.12. The summed E-state index contributed by atoms with van der Waals surface area (Å²) >= 11 is 0. The van der Waals surface area contributed by atoms with Gasteiger partial charge in [-0.15, -0.1) is 0 Å². The Balaban J connectivity index is 1.95. The molecule has 0 radical (unpaired) electrons. The molecule has 112 valence electrons. The number of oxazole rings is 1. The number of ether oxygens (including phenoxy) is 1. The highest BCUT2D eigenvalue weighted by molar-refractivity contribution is 5.82. The van der Waals surface area contributed by atoms with Crippen molar-refractivity contribution in [3.8, 4) is 11.5 Å². The van der Waals surface area contributed by atoms with Gasteiger partial charge in [0.05, 0.1) is 12.5 Å². The van der Waals surface area contributed by atoms with Gasteiger partial charge in [0.25, 0.3) is 0 Å². The van der Waals surface area contributed by atoms with Crippen LogP contribution in [0.25, 0.3) is 22.6 Å². The molecule has 0 aliphatic rings. The van der Waals surface area contributed by atoms with Gasteiger partial charge in [0.15, 0.2) is 5.58 Å². The van der Waals surface area contributed by atoms with Gasteiger partial charge in [-0.25, -0.2) is 4.98 Å². The highest BCUT2D eigenvalue weighted by atomic mass is 16.5. The Hall–Kier alpha value is -2.62. The minimum absolute atomic E-state index is 0.228. The Kier molecular flexibility index (Phi) is 3.92. The summed E-state index contributed by atoms with van der Waals surface area (Å²) in [5.41, 5.74) is 3.25. The van der Waals surface area contributed by atoms with Crippen LogP contribution in [-0.2, 0) is 9.53 Å². The second-order valence-electron chi connectivity index (χ2n) is 5.09. The van der Waals surface area contributed by atoms with Gasteiger partial charge < -0.3 is 9.15 Å². The number of carbonyl (C=O) groups excluding carboxylic acids is 1. The van der Waals surface area contributed by atoms with Crippen LogP contribution in [0.1, 0.15) is 25.3 Å². The molecule has 1 heterocycles. The average Bonchev–Trinajstić information content (AvgIpc) is 2.98. The topological polar surface area (TPSA) is 52.3 Å². The van der Waals surface area contributed by atoms with E-state index in [0.717, 1.165) is 16.6 Å². The molecule has 4 nitrogen and oxygen atoms in total. The minimum atomic E-state index is -0.318. The van der Waals surface area contributed by atoms with E-state index in [1.807, 2.05) is 55.5 Å². The lowest BCUT2D eigenvalue weighted by molar-refractivity contribution is -0.144. The maximum Gasteiger partial charge on any atom is 0.313 e. The zero-order chi connectivity index (χ0) is 15.5. The number of nitrogens with zero attached hydrogens (tertiary/aromatic N) is 1. The number of esters is 1. The van der Waals surface area contributed by atoms with Crippen LogP contribution in [0.3, 0.4) is 0 Å². The van der Waals surface area contributed by atoms with Crippen molar-refractivity contribution >= 4 is 17.1 Å². The van der Waals surface area contributed by atoms with Gasteiger partial charge in [0.1, 0.15) is 5.52 Å². The number of hydrogen-bond acceptors (Lipinski definition) is 4. The van der Waals surface area contributed by atoms with Crippen LogP contribution in [-0.4, -0.2) is 17.6 Å². The Bertz CT molecular complexity index is 792. The van der Waals surface area contributed by atoms with E-state index in [1.54, 1.807) is 6.92 Å². The van der Waals surface area contributed by atoms with Crippen molar-refractivity contribution in [3.63, 3.8) is 0 Å². The summed E-state index contributed by atoms with van der Waals surface area (Å²) in [6, 6.07) is 15.3. The molecular formula is C18H17NO3. The molecule has 2 aromatic carbocycles. The van der Waals surface area contributed by atoms with E-state index in [0.29, 0.717) is 18.1 Å². The minimum Gasteiger partial charge on any atom is -0.466 e. The van der Waals surface area contributed by atoms with E-state index < -0.39 is 0 Å². The molecule has 1 unspecified atom stereocenters. The van der Waals surface area contributed by atoms with Gasteiger partial charge in [-0.1, -0.05) is 24.3 Å². The predicted octanol–water partition coefficient (Wildman–Crippen LogP) is 4.16. The Morgan fingerprint density at radius 3 is 2.73 bits per heavy atom. The monoisotopic (exact) mass is 295 g/mol. The second kappa shape index (κ2) is 6.02. The Morgan fingerprint density at radius 1 is 1.23 bits per heavy atom. The van der Waals surface area contributed by atoms with Gasteiger partial charge in [0, 0.05) is 5.56 Å². The van der Waals surface area contributed by atoms with E-state index in [1.165, 1.54) is 0 Å². The number of rotatable bonds is 4. The molecule has 0 amide bonds. The summed E-state index contributed by atoms with van der Waals surface area (Å²) in [6.07, 6.45) is 0. The van der Waals surface area contributed by atoms with Crippen LogP contribution < -0.4 is 0 Å². The molecule has 0 aliphatic carbocycles. The third kappa shape index (κ3) is 2.72.